The fourth-order valence-corrected chi connectivity index (χ4v) is 1.45. The van der Waals surface area contributed by atoms with Crippen LogP contribution in [0.2, 0.25) is 0 Å². The second-order valence-corrected chi connectivity index (χ2v) is 3.79. The van der Waals surface area contributed by atoms with Crippen molar-refractivity contribution in [2.24, 2.45) is 12.8 Å². The molecule has 7 nitrogen and oxygen atoms in total. The molecule has 0 amide bonds. The largest absolute Gasteiger partial charge is 0.389 e. The highest BCUT2D eigenvalue weighted by Crippen LogP contribution is 2.10. The molecule has 0 fully saturated rings. The van der Waals surface area contributed by atoms with Crippen LogP contribution in [0.4, 0.5) is 5.82 Å². The van der Waals surface area contributed by atoms with E-state index in [-0.39, 0.29) is 4.99 Å². The first kappa shape index (κ1) is 11.4. The molecular formula is C9H11N7S. The summed E-state index contributed by atoms with van der Waals surface area (Å²) in [5.41, 5.74) is 6.23. The van der Waals surface area contributed by atoms with Crippen molar-refractivity contribution in [2.75, 3.05) is 5.32 Å². The topological polar surface area (TPSA) is 94.5 Å². The highest BCUT2D eigenvalue weighted by Gasteiger charge is 2.07. The third-order valence-corrected chi connectivity index (χ3v) is 2.27. The van der Waals surface area contributed by atoms with Gasteiger partial charge in [0.2, 0.25) is 0 Å². The Labute approximate surface area is 103 Å². The van der Waals surface area contributed by atoms with Crippen molar-refractivity contribution in [1.29, 1.82) is 0 Å². The van der Waals surface area contributed by atoms with Crippen molar-refractivity contribution >= 4 is 23.0 Å². The third-order valence-electron chi connectivity index (χ3n) is 2.05. The molecule has 0 aliphatic rings. The van der Waals surface area contributed by atoms with Crippen LogP contribution in [0.5, 0.6) is 0 Å². The predicted molar refractivity (Wildman–Crippen MR) is 66.2 cm³/mol. The zero-order valence-electron chi connectivity index (χ0n) is 9.16. The van der Waals surface area contributed by atoms with E-state index in [0.717, 1.165) is 0 Å². The van der Waals surface area contributed by atoms with Crippen molar-refractivity contribution in [3.63, 3.8) is 0 Å². The zero-order chi connectivity index (χ0) is 12.3. The summed E-state index contributed by atoms with van der Waals surface area (Å²) in [6, 6.07) is 1.71. The molecule has 2 aromatic rings. The van der Waals surface area contributed by atoms with E-state index < -0.39 is 0 Å². The Hall–Kier alpha value is -2.09. The van der Waals surface area contributed by atoms with Crippen LogP contribution in [-0.2, 0) is 13.6 Å². The van der Waals surface area contributed by atoms with Gasteiger partial charge >= 0.3 is 0 Å². The van der Waals surface area contributed by atoms with Crippen LogP contribution in [0.3, 0.4) is 0 Å². The molecule has 2 heterocycles. The average Bonchev–Trinajstić information content (AvgIpc) is 2.73. The summed E-state index contributed by atoms with van der Waals surface area (Å²) < 4.78 is 1.63. The summed E-state index contributed by atoms with van der Waals surface area (Å²) in [7, 11) is 1.80. The maximum absolute atomic E-state index is 5.58. The van der Waals surface area contributed by atoms with Gasteiger partial charge in [-0.15, -0.1) is 5.10 Å². The van der Waals surface area contributed by atoms with E-state index in [1.165, 1.54) is 0 Å². The molecule has 2 aromatic heterocycles. The van der Waals surface area contributed by atoms with Gasteiger partial charge in [-0.05, 0) is 6.07 Å². The number of aryl methyl sites for hydroxylation is 1. The predicted octanol–water partition coefficient (Wildman–Crippen LogP) is -0.149. The number of hydrogen-bond acceptors (Lipinski definition) is 6. The molecule has 0 unspecified atom stereocenters. The maximum atomic E-state index is 5.58. The lowest BCUT2D eigenvalue weighted by atomic mass is 10.3. The van der Waals surface area contributed by atoms with Gasteiger partial charge in [0, 0.05) is 7.05 Å². The highest BCUT2D eigenvalue weighted by molar-refractivity contribution is 7.80. The van der Waals surface area contributed by atoms with E-state index in [1.54, 1.807) is 30.3 Å². The molecule has 3 N–H and O–H groups in total. The standard InChI is InChI=1S/C9H11N7S/c1-16-5-12-7(15-16)4-11-9-6(8(10)17)2-3-13-14-9/h2-3,5H,4H2,1H3,(H2,10,17)(H,11,14). The zero-order valence-corrected chi connectivity index (χ0v) is 9.98. The number of thiocarbonyl (C=S) groups is 1. The Morgan fingerprint density at radius 2 is 2.41 bits per heavy atom. The Bertz CT molecular complexity index is 536. The summed E-state index contributed by atoms with van der Waals surface area (Å²) >= 11 is 4.92. The molecule has 0 aliphatic heterocycles. The summed E-state index contributed by atoms with van der Waals surface area (Å²) in [6.45, 7) is 0.440. The van der Waals surface area contributed by atoms with Gasteiger partial charge in [-0.1, -0.05) is 12.2 Å². The fourth-order valence-electron chi connectivity index (χ4n) is 1.29. The summed E-state index contributed by atoms with van der Waals surface area (Å²) in [5.74, 6) is 1.19. The molecule has 17 heavy (non-hydrogen) atoms. The van der Waals surface area contributed by atoms with E-state index in [4.69, 9.17) is 18.0 Å². The van der Waals surface area contributed by atoms with Gasteiger partial charge < -0.3 is 11.1 Å². The number of anilines is 1. The van der Waals surface area contributed by atoms with E-state index >= 15 is 0 Å². The summed E-state index contributed by atoms with van der Waals surface area (Å²) in [6.07, 6.45) is 3.17. The quantitative estimate of drug-likeness (QED) is 0.728. The smallest absolute Gasteiger partial charge is 0.169 e. The van der Waals surface area contributed by atoms with E-state index in [9.17, 15) is 0 Å². The van der Waals surface area contributed by atoms with Crippen molar-refractivity contribution < 1.29 is 0 Å². The van der Waals surface area contributed by atoms with Gasteiger partial charge in [0.15, 0.2) is 11.6 Å². The minimum absolute atomic E-state index is 0.274. The molecular weight excluding hydrogens is 238 g/mol. The first-order valence-corrected chi connectivity index (χ1v) is 5.27. The molecule has 0 saturated heterocycles. The third kappa shape index (κ3) is 2.72. The van der Waals surface area contributed by atoms with Gasteiger partial charge in [0.25, 0.3) is 0 Å². The summed E-state index contributed by atoms with van der Waals surface area (Å²) in [5, 5.41) is 14.9. The highest BCUT2D eigenvalue weighted by atomic mass is 32.1. The lowest BCUT2D eigenvalue weighted by molar-refractivity contribution is 0.746. The van der Waals surface area contributed by atoms with Crippen LogP contribution in [0, 0.1) is 0 Å². The van der Waals surface area contributed by atoms with E-state index in [2.05, 4.69) is 25.6 Å². The van der Waals surface area contributed by atoms with E-state index in [1.807, 2.05) is 0 Å². The molecule has 0 saturated carbocycles. The van der Waals surface area contributed by atoms with Gasteiger partial charge in [-0.25, -0.2) is 4.98 Å². The van der Waals surface area contributed by atoms with Gasteiger partial charge in [-0.3, -0.25) is 4.68 Å². The molecule has 8 heteroatoms. The van der Waals surface area contributed by atoms with Crippen molar-refractivity contribution in [2.45, 2.75) is 6.54 Å². The molecule has 0 radical (unpaired) electrons. The normalized spacial score (nSPS) is 10.2. The number of aromatic nitrogens is 5. The van der Waals surface area contributed by atoms with Crippen LogP contribution < -0.4 is 11.1 Å². The monoisotopic (exact) mass is 249 g/mol. The molecule has 0 atom stereocenters. The number of nitrogens with one attached hydrogen (secondary N) is 1. The number of nitrogens with zero attached hydrogens (tertiary/aromatic N) is 5. The van der Waals surface area contributed by atoms with Crippen LogP contribution in [-0.4, -0.2) is 30.0 Å². The molecule has 88 valence electrons. The van der Waals surface area contributed by atoms with Gasteiger partial charge in [0.05, 0.1) is 18.3 Å². The van der Waals surface area contributed by atoms with Crippen LogP contribution in [0.1, 0.15) is 11.4 Å². The number of rotatable bonds is 4. The molecule has 0 spiro atoms. The molecule has 0 aromatic carbocycles. The lowest BCUT2D eigenvalue weighted by Gasteiger charge is -2.06. The minimum Gasteiger partial charge on any atom is -0.389 e. The Kier molecular flexibility index (Phi) is 3.24. The summed E-state index contributed by atoms with van der Waals surface area (Å²) in [4.78, 5) is 4.36. The van der Waals surface area contributed by atoms with Gasteiger partial charge in [0.1, 0.15) is 11.3 Å². The Balaban J connectivity index is 2.11. The Morgan fingerprint density at radius 1 is 1.59 bits per heavy atom. The van der Waals surface area contributed by atoms with Crippen LogP contribution >= 0.6 is 12.2 Å². The van der Waals surface area contributed by atoms with Gasteiger partial charge in [-0.2, -0.15) is 10.2 Å². The minimum atomic E-state index is 0.274. The van der Waals surface area contributed by atoms with Crippen molar-refractivity contribution in [1.82, 2.24) is 25.0 Å². The fraction of sp³-hybridized carbons (Fsp3) is 0.222. The molecule has 0 aliphatic carbocycles. The Morgan fingerprint density at radius 3 is 3.06 bits per heavy atom. The van der Waals surface area contributed by atoms with Crippen LogP contribution in [0.15, 0.2) is 18.6 Å². The van der Waals surface area contributed by atoms with Crippen molar-refractivity contribution in [3.8, 4) is 0 Å². The maximum Gasteiger partial charge on any atom is 0.169 e. The van der Waals surface area contributed by atoms with E-state index in [0.29, 0.717) is 23.8 Å². The molecule has 0 bridgehead atoms. The number of nitrogens with two attached hydrogens (primary N) is 1. The first-order chi connectivity index (χ1) is 8.16. The lowest BCUT2D eigenvalue weighted by Crippen LogP contribution is -2.15. The SMILES string of the molecule is Cn1cnc(CNc2nnccc2C(N)=S)n1. The molecule has 2 rings (SSSR count). The first-order valence-electron chi connectivity index (χ1n) is 4.86. The second-order valence-electron chi connectivity index (χ2n) is 3.35. The van der Waals surface area contributed by atoms with Crippen LogP contribution in [0.25, 0.3) is 0 Å². The van der Waals surface area contributed by atoms with Crippen molar-refractivity contribution in [3.05, 3.63) is 30.0 Å². The number of hydrogen-bond donors (Lipinski definition) is 2. The second kappa shape index (κ2) is 4.83. The average molecular weight is 249 g/mol.